The van der Waals surface area contributed by atoms with Crippen molar-refractivity contribution in [2.75, 3.05) is 17.7 Å². The second kappa shape index (κ2) is 12.7. The minimum absolute atomic E-state index is 0.170. The molecular formula is C22H20BrCl3N4O2S. The number of thioether (sulfide) groups is 1. The Morgan fingerprint density at radius 1 is 1.18 bits per heavy atom. The molecule has 0 saturated carbocycles. The van der Waals surface area contributed by atoms with Crippen LogP contribution in [0.4, 0.5) is 5.69 Å². The largest absolute Gasteiger partial charge is 0.492 e. The van der Waals surface area contributed by atoms with Gasteiger partial charge in [0, 0.05) is 23.7 Å². The van der Waals surface area contributed by atoms with E-state index in [1.807, 2.05) is 10.6 Å². The normalized spacial score (nSPS) is 10.8. The molecule has 6 nitrogen and oxygen atoms in total. The van der Waals surface area contributed by atoms with E-state index in [9.17, 15) is 4.79 Å². The smallest absolute Gasteiger partial charge is 0.234 e. The number of aryl methyl sites for hydroxylation is 1. The number of halogens is 4. The molecule has 1 amide bonds. The summed E-state index contributed by atoms with van der Waals surface area (Å²) >= 11 is 22.6. The van der Waals surface area contributed by atoms with Crippen molar-refractivity contribution in [2.24, 2.45) is 0 Å². The van der Waals surface area contributed by atoms with E-state index in [0.717, 1.165) is 22.5 Å². The highest BCUT2D eigenvalue weighted by molar-refractivity contribution is 9.10. The predicted molar refractivity (Wildman–Crippen MR) is 139 cm³/mol. The Bertz CT molecular complexity index is 1140. The summed E-state index contributed by atoms with van der Waals surface area (Å²) in [4.78, 5) is 12.3. The summed E-state index contributed by atoms with van der Waals surface area (Å²) in [7, 11) is 0. The van der Waals surface area contributed by atoms with Crippen LogP contribution in [0.2, 0.25) is 15.1 Å². The van der Waals surface area contributed by atoms with Crippen LogP contribution in [0.15, 0.2) is 58.7 Å². The molecule has 0 spiro atoms. The first-order chi connectivity index (χ1) is 15.9. The van der Waals surface area contributed by atoms with Gasteiger partial charge in [-0.15, -0.1) is 16.8 Å². The van der Waals surface area contributed by atoms with Gasteiger partial charge in [0.25, 0.3) is 0 Å². The van der Waals surface area contributed by atoms with Crippen LogP contribution in [0.3, 0.4) is 0 Å². The Balaban J connectivity index is 1.53. The number of nitrogens with zero attached hydrogens (tertiary/aromatic N) is 3. The second-order valence-corrected chi connectivity index (χ2v) is 9.84. The van der Waals surface area contributed by atoms with Gasteiger partial charge in [-0.05, 0) is 58.7 Å². The Labute approximate surface area is 219 Å². The van der Waals surface area contributed by atoms with Gasteiger partial charge >= 0.3 is 0 Å². The van der Waals surface area contributed by atoms with Crippen LogP contribution in [0.25, 0.3) is 0 Å². The lowest BCUT2D eigenvalue weighted by atomic mass is 10.3. The first kappa shape index (κ1) is 25.9. The van der Waals surface area contributed by atoms with E-state index in [0.29, 0.717) is 45.5 Å². The fourth-order valence-corrected chi connectivity index (χ4v) is 4.69. The number of benzene rings is 2. The Kier molecular flexibility index (Phi) is 9.94. The van der Waals surface area contributed by atoms with Crippen molar-refractivity contribution in [3.05, 3.63) is 74.4 Å². The lowest BCUT2D eigenvalue weighted by Crippen LogP contribution is -2.15. The van der Waals surface area contributed by atoms with Gasteiger partial charge in [0.05, 0.1) is 26.9 Å². The first-order valence-electron chi connectivity index (χ1n) is 9.86. The summed E-state index contributed by atoms with van der Waals surface area (Å²) < 4.78 is 8.57. The second-order valence-electron chi connectivity index (χ2n) is 6.79. The zero-order valence-corrected chi connectivity index (χ0v) is 22.0. The molecule has 1 aromatic heterocycles. The lowest BCUT2D eigenvalue weighted by Gasteiger charge is -2.10. The summed E-state index contributed by atoms with van der Waals surface area (Å²) in [5.74, 6) is 1.52. The van der Waals surface area contributed by atoms with Crippen LogP contribution < -0.4 is 10.1 Å². The van der Waals surface area contributed by atoms with E-state index in [1.165, 1.54) is 11.8 Å². The molecule has 0 aliphatic heterocycles. The van der Waals surface area contributed by atoms with Gasteiger partial charge < -0.3 is 14.6 Å². The maximum Gasteiger partial charge on any atom is 0.234 e. The number of amides is 1. The van der Waals surface area contributed by atoms with E-state index in [4.69, 9.17) is 39.5 Å². The standard InChI is InChI=1S/C22H20BrCl3N4O2S/c1-2-9-30-20(4-3-10-32-19-8-5-14(24)11-16(19)23)28-29-22(30)33-13-21(31)27-15-6-7-17(25)18(26)12-15/h2,5-8,11-12H,1,3-4,9-10,13H2,(H,27,31). The Morgan fingerprint density at radius 3 is 2.73 bits per heavy atom. The van der Waals surface area contributed by atoms with Crippen molar-refractivity contribution in [1.29, 1.82) is 0 Å². The average molecular weight is 591 g/mol. The van der Waals surface area contributed by atoms with Gasteiger partial charge in [0.1, 0.15) is 11.6 Å². The average Bonchev–Trinajstić information content (AvgIpc) is 3.15. The van der Waals surface area contributed by atoms with E-state index in [-0.39, 0.29) is 11.7 Å². The quantitative estimate of drug-likeness (QED) is 0.149. The van der Waals surface area contributed by atoms with E-state index >= 15 is 0 Å². The molecule has 1 heterocycles. The molecule has 33 heavy (non-hydrogen) atoms. The number of anilines is 1. The number of aromatic nitrogens is 3. The fraction of sp³-hybridized carbons (Fsp3) is 0.227. The molecule has 0 bridgehead atoms. The van der Waals surface area contributed by atoms with E-state index in [2.05, 4.69) is 38.0 Å². The number of rotatable bonds is 11. The van der Waals surface area contributed by atoms with Crippen LogP contribution in [-0.4, -0.2) is 33.0 Å². The van der Waals surface area contributed by atoms with Crippen molar-refractivity contribution >= 4 is 74.1 Å². The summed E-state index contributed by atoms with van der Waals surface area (Å²) in [6, 6.07) is 10.3. The van der Waals surface area contributed by atoms with Gasteiger partial charge in [0.15, 0.2) is 5.16 Å². The zero-order chi connectivity index (χ0) is 23.8. The van der Waals surface area contributed by atoms with Crippen LogP contribution in [-0.2, 0) is 17.8 Å². The third-order valence-electron chi connectivity index (χ3n) is 4.34. The van der Waals surface area contributed by atoms with Crippen molar-refractivity contribution in [2.45, 2.75) is 24.5 Å². The number of nitrogens with one attached hydrogen (secondary N) is 1. The van der Waals surface area contributed by atoms with Crippen molar-refractivity contribution in [3.63, 3.8) is 0 Å². The highest BCUT2D eigenvalue weighted by Gasteiger charge is 2.14. The molecule has 0 aliphatic carbocycles. The van der Waals surface area contributed by atoms with E-state index < -0.39 is 0 Å². The molecule has 174 valence electrons. The summed E-state index contributed by atoms with van der Waals surface area (Å²) in [5, 5.41) is 13.4. The number of allylic oxidation sites excluding steroid dienone is 1. The summed E-state index contributed by atoms with van der Waals surface area (Å²) in [5.41, 5.74) is 0.579. The third-order valence-corrected chi connectivity index (χ3v) is 6.90. The van der Waals surface area contributed by atoms with Crippen LogP contribution in [0, 0.1) is 0 Å². The topological polar surface area (TPSA) is 69.0 Å². The highest BCUT2D eigenvalue weighted by Crippen LogP contribution is 2.28. The van der Waals surface area contributed by atoms with Gasteiger partial charge in [-0.3, -0.25) is 4.79 Å². The van der Waals surface area contributed by atoms with Gasteiger partial charge in [-0.1, -0.05) is 52.6 Å². The molecule has 0 radical (unpaired) electrons. The lowest BCUT2D eigenvalue weighted by molar-refractivity contribution is -0.113. The maximum atomic E-state index is 12.3. The maximum absolute atomic E-state index is 12.3. The molecule has 0 atom stereocenters. The highest BCUT2D eigenvalue weighted by atomic mass is 79.9. The number of carbonyl (C=O) groups is 1. The van der Waals surface area contributed by atoms with Crippen LogP contribution >= 0.6 is 62.5 Å². The Hall–Kier alpha value is -1.71. The number of carbonyl (C=O) groups excluding carboxylic acids is 1. The van der Waals surface area contributed by atoms with Crippen molar-refractivity contribution in [3.8, 4) is 5.75 Å². The van der Waals surface area contributed by atoms with Crippen LogP contribution in [0.5, 0.6) is 5.75 Å². The number of hydrogen-bond acceptors (Lipinski definition) is 5. The van der Waals surface area contributed by atoms with Gasteiger partial charge in [0.2, 0.25) is 5.91 Å². The Morgan fingerprint density at radius 2 is 2.00 bits per heavy atom. The number of hydrogen-bond donors (Lipinski definition) is 1. The molecule has 1 N–H and O–H groups in total. The minimum atomic E-state index is -0.185. The van der Waals surface area contributed by atoms with Gasteiger partial charge in [-0.2, -0.15) is 0 Å². The summed E-state index contributed by atoms with van der Waals surface area (Å²) in [6.07, 6.45) is 3.18. The SMILES string of the molecule is C=CCn1c(CCCOc2ccc(Cl)cc2Br)nnc1SCC(=O)Nc1ccc(Cl)c(Cl)c1. The third kappa shape index (κ3) is 7.65. The summed E-state index contributed by atoms with van der Waals surface area (Å²) in [6.45, 7) is 4.86. The molecule has 3 rings (SSSR count). The van der Waals surface area contributed by atoms with Crippen molar-refractivity contribution < 1.29 is 9.53 Å². The minimum Gasteiger partial charge on any atom is -0.492 e. The van der Waals surface area contributed by atoms with E-state index in [1.54, 1.807) is 36.4 Å². The van der Waals surface area contributed by atoms with Crippen molar-refractivity contribution in [1.82, 2.24) is 14.8 Å². The molecule has 2 aromatic carbocycles. The fourth-order valence-electron chi connectivity index (χ4n) is 2.83. The monoisotopic (exact) mass is 588 g/mol. The number of ether oxygens (including phenoxy) is 1. The molecule has 11 heteroatoms. The molecule has 0 unspecified atom stereocenters. The van der Waals surface area contributed by atoms with Crippen LogP contribution in [0.1, 0.15) is 12.2 Å². The molecular weight excluding hydrogens is 571 g/mol. The predicted octanol–water partition coefficient (Wildman–Crippen LogP) is 6.93. The molecule has 0 fully saturated rings. The van der Waals surface area contributed by atoms with Gasteiger partial charge in [-0.25, -0.2) is 0 Å². The zero-order valence-electron chi connectivity index (χ0n) is 17.4. The molecule has 3 aromatic rings. The molecule has 0 saturated heterocycles. The molecule has 0 aliphatic rings. The first-order valence-corrected chi connectivity index (χ1v) is 12.8.